The summed E-state index contributed by atoms with van der Waals surface area (Å²) >= 11 is 1.97. The van der Waals surface area contributed by atoms with Crippen LogP contribution in [0.4, 0.5) is 8.78 Å². The molecule has 3 heterocycles. The van der Waals surface area contributed by atoms with Gasteiger partial charge in [-0.25, -0.2) is 8.78 Å². The van der Waals surface area contributed by atoms with Crippen LogP contribution in [0.3, 0.4) is 0 Å². The molecule has 5 rings (SSSR count). The number of fused-ring (bicyclic) bond motifs is 2. The van der Waals surface area contributed by atoms with Crippen LogP contribution >= 0.6 is 11.3 Å². The predicted molar refractivity (Wildman–Crippen MR) is 118 cm³/mol. The van der Waals surface area contributed by atoms with Crippen molar-refractivity contribution in [3.05, 3.63) is 21.4 Å². The lowest BCUT2D eigenvalue weighted by Crippen LogP contribution is -2.54. The van der Waals surface area contributed by atoms with Gasteiger partial charge in [-0.15, -0.1) is 11.3 Å². The van der Waals surface area contributed by atoms with E-state index in [1.807, 2.05) is 11.3 Å². The predicted octanol–water partition coefficient (Wildman–Crippen LogP) is 4.36. The minimum absolute atomic E-state index is 0.102. The highest BCUT2D eigenvalue weighted by atomic mass is 32.1. The number of amides is 1. The maximum absolute atomic E-state index is 12.7. The number of piperidine rings is 1. The molecule has 1 N–H and O–H groups in total. The van der Waals surface area contributed by atoms with Crippen LogP contribution < -0.4 is 5.32 Å². The van der Waals surface area contributed by atoms with E-state index in [1.54, 1.807) is 0 Å². The van der Waals surface area contributed by atoms with Crippen LogP contribution in [0.25, 0.3) is 0 Å². The molecule has 2 aliphatic heterocycles. The van der Waals surface area contributed by atoms with Crippen LogP contribution in [0.2, 0.25) is 0 Å². The molecular formula is C24H34F2N2O2S. The minimum atomic E-state index is -2.36. The number of rotatable bonds is 6. The first-order valence-electron chi connectivity index (χ1n) is 12.0. The molecule has 1 amide bonds. The normalized spacial score (nSPS) is 37.5. The number of hydrogen-bond donors (Lipinski definition) is 1. The number of halogens is 2. The van der Waals surface area contributed by atoms with Crippen LogP contribution in [0.15, 0.2) is 6.07 Å². The Morgan fingerprint density at radius 1 is 1.39 bits per heavy atom. The quantitative estimate of drug-likeness (QED) is 0.697. The van der Waals surface area contributed by atoms with Gasteiger partial charge >= 0.3 is 0 Å². The van der Waals surface area contributed by atoms with Gasteiger partial charge in [-0.1, -0.05) is 6.92 Å². The molecule has 2 aliphatic carbocycles. The zero-order valence-electron chi connectivity index (χ0n) is 18.5. The lowest BCUT2D eigenvalue weighted by Gasteiger charge is -2.49. The molecule has 7 heteroatoms. The molecule has 4 atom stereocenters. The third-order valence-electron chi connectivity index (χ3n) is 8.03. The van der Waals surface area contributed by atoms with Crippen LogP contribution in [-0.2, 0) is 28.0 Å². The van der Waals surface area contributed by atoms with E-state index in [1.165, 1.54) is 15.3 Å². The molecule has 0 aromatic carbocycles. The highest BCUT2D eigenvalue weighted by molar-refractivity contribution is 7.12. The fraction of sp³-hybridized carbons (Fsp3) is 0.792. The summed E-state index contributed by atoms with van der Waals surface area (Å²) in [6.45, 7) is 7.49. The SMILES string of the molecule is CCc1cc2c(s1)CCO[C@@]21CCN(CC2CC(NC(=O)[C@H]3C[C@@H]3C(F)F)C2)[C@@H](C)C1. The number of carbonyl (C=O) groups is 1. The van der Waals surface area contributed by atoms with E-state index >= 15 is 0 Å². The summed E-state index contributed by atoms with van der Waals surface area (Å²) in [5, 5.41) is 3.00. The van der Waals surface area contributed by atoms with Crippen molar-refractivity contribution in [3.8, 4) is 0 Å². The van der Waals surface area contributed by atoms with Gasteiger partial charge in [0.05, 0.1) is 12.2 Å². The molecule has 1 spiro atoms. The van der Waals surface area contributed by atoms with E-state index in [0.29, 0.717) is 18.4 Å². The number of ether oxygens (including phenoxy) is 1. The monoisotopic (exact) mass is 452 g/mol. The Labute approximate surface area is 187 Å². The highest BCUT2D eigenvalue weighted by Gasteiger charge is 2.50. The average molecular weight is 453 g/mol. The molecule has 0 bridgehead atoms. The Hall–Kier alpha value is -1.05. The molecule has 4 nitrogen and oxygen atoms in total. The molecule has 2 saturated carbocycles. The molecular weight excluding hydrogens is 418 g/mol. The maximum atomic E-state index is 12.7. The number of likely N-dealkylation sites (tertiary alicyclic amines) is 1. The number of aryl methyl sites for hydroxylation is 1. The van der Waals surface area contributed by atoms with Gasteiger partial charge in [-0.3, -0.25) is 4.79 Å². The number of nitrogens with one attached hydrogen (secondary N) is 1. The molecule has 0 radical (unpaired) electrons. The van der Waals surface area contributed by atoms with Crippen molar-refractivity contribution < 1.29 is 18.3 Å². The van der Waals surface area contributed by atoms with Crippen molar-refractivity contribution >= 4 is 17.2 Å². The molecule has 31 heavy (non-hydrogen) atoms. The third-order valence-corrected chi connectivity index (χ3v) is 9.37. The number of carbonyl (C=O) groups excluding carboxylic acids is 1. The van der Waals surface area contributed by atoms with E-state index in [2.05, 4.69) is 30.1 Å². The van der Waals surface area contributed by atoms with Crippen LogP contribution in [0.5, 0.6) is 0 Å². The molecule has 4 aliphatic rings. The van der Waals surface area contributed by atoms with E-state index in [-0.39, 0.29) is 17.6 Å². The van der Waals surface area contributed by atoms with Crippen LogP contribution in [-0.4, -0.2) is 49.0 Å². The number of thiophene rings is 1. The lowest BCUT2D eigenvalue weighted by molar-refractivity contribution is -0.125. The van der Waals surface area contributed by atoms with Gasteiger partial charge in [-0.05, 0) is 63.0 Å². The van der Waals surface area contributed by atoms with Crippen molar-refractivity contribution in [1.82, 2.24) is 10.2 Å². The Bertz CT molecular complexity index is 825. The molecule has 1 aromatic heterocycles. The number of alkyl halides is 2. The summed E-state index contributed by atoms with van der Waals surface area (Å²) in [6, 6.07) is 3.04. The van der Waals surface area contributed by atoms with Gasteiger partial charge in [0, 0.05) is 53.2 Å². The minimum Gasteiger partial charge on any atom is -0.370 e. The van der Waals surface area contributed by atoms with Crippen molar-refractivity contribution in [2.45, 2.75) is 82.9 Å². The first kappa shape index (κ1) is 21.8. The fourth-order valence-electron chi connectivity index (χ4n) is 5.98. The Kier molecular flexibility index (Phi) is 5.89. The first-order valence-corrected chi connectivity index (χ1v) is 12.8. The number of nitrogens with zero attached hydrogens (tertiary/aromatic N) is 1. The van der Waals surface area contributed by atoms with Gasteiger partial charge in [0.2, 0.25) is 12.3 Å². The Morgan fingerprint density at radius 3 is 2.87 bits per heavy atom. The Morgan fingerprint density at radius 2 is 2.19 bits per heavy atom. The van der Waals surface area contributed by atoms with Crippen molar-refractivity contribution in [2.75, 3.05) is 19.7 Å². The second kappa shape index (κ2) is 8.38. The summed E-state index contributed by atoms with van der Waals surface area (Å²) < 4.78 is 31.8. The molecule has 3 fully saturated rings. The Balaban J connectivity index is 1.11. The molecule has 0 unspecified atom stereocenters. The number of hydrogen-bond acceptors (Lipinski definition) is 4. The topological polar surface area (TPSA) is 41.6 Å². The third kappa shape index (κ3) is 4.18. The zero-order valence-corrected chi connectivity index (χ0v) is 19.4. The van der Waals surface area contributed by atoms with E-state index in [9.17, 15) is 13.6 Å². The summed E-state index contributed by atoms with van der Waals surface area (Å²) in [7, 11) is 0. The van der Waals surface area contributed by atoms with E-state index in [0.717, 1.165) is 58.2 Å². The van der Waals surface area contributed by atoms with Gasteiger partial charge in [0.25, 0.3) is 0 Å². The van der Waals surface area contributed by atoms with E-state index < -0.39 is 18.3 Å². The van der Waals surface area contributed by atoms with Gasteiger partial charge in [0.1, 0.15) is 0 Å². The molecule has 1 saturated heterocycles. The standard InChI is InChI=1S/C24H34F2N2O2S/c1-3-17-10-20-21(31-17)4-7-30-24(20)5-6-28(14(2)12-24)13-15-8-16(9-15)27-23(29)19-11-18(19)22(25)26/h10,14-16,18-19,22H,3-9,11-13H2,1-2H3,(H,27,29)/t14-,15?,16?,18-,19-,24+/m0/s1. The fourth-order valence-corrected chi connectivity index (χ4v) is 7.16. The second-order valence-corrected chi connectivity index (χ2v) is 11.4. The van der Waals surface area contributed by atoms with Crippen molar-refractivity contribution in [1.29, 1.82) is 0 Å². The average Bonchev–Trinajstić information content (AvgIpc) is 3.41. The smallest absolute Gasteiger partial charge is 0.242 e. The molecule has 1 aromatic rings. The van der Waals surface area contributed by atoms with E-state index in [4.69, 9.17) is 4.74 Å². The highest BCUT2D eigenvalue weighted by Crippen LogP contribution is 2.47. The summed E-state index contributed by atoms with van der Waals surface area (Å²) in [6.07, 6.45) is 4.17. The van der Waals surface area contributed by atoms with Crippen LogP contribution in [0, 0.1) is 17.8 Å². The maximum Gasteiger partial charge on any atom is 0.242 e. The largest absolute Gasteiger partial charge is 0.370 e. The van der Waals surface area contributed by atoms with Crippen molar-refractivity contribution in [3.63, 3.8) is 0 Å². The summed E-state index contributed by atoms with van der Waals surface area (Å²) in [4.78, 5) is 17.7. The van der Waals surface area contributed by atoms with Gasteiger partial charge in [-0.2, -0.15) is 0 Å². The van der Waals surface area contributed by atoms with Gasteiger partial charge in [0.15, 0.2) is 0 Å². The first-order chi connectivity index (χ1) is 14.9. The zero-order chi connectivity index (χ0) is 21.8. The lowest BCUT2D eigenvalue weighted by atomic mass is 9.76. The van der Waals surface area contributed by atoms with Crippen molar-refractivity contribution in [2.24, 2.45) is 17.8 Å². The van der Waals surface area contributed by atoms with Gasteiger partial charge < -0.3 is 15.0 Å². The molecule has 172 valence electrons. The summed E-state index contributed by atoms with van der Waals surface area (Å²) in [5.74, 6) is -0.739. The second-order valence-electron chi connectivity index (χ2n) is 10.2. The summed E-state index contributed by atoms with van der Waals surface area (Å²) in [5.41, 5.74) is 1.36. The van der Waals surface area contributed by atoms with Crippen LogP contribution in [0.1, 0.15) is 61.3 Å².